The second-order valence-corrected chi connectivity index (χ2v) is 7.48. The zero-order valence-electron chi connectivity index (χ0n) is 16.9. The summed E-state index contributed by atoms with van der Waals surface area (Å²) >= 11 is 0. The van der Waals surface area contributed by atoms with Crippen LogP contribution < -0.4 is 5.32 Å². The van der Waals surface area contributed by atoms with Crippen molar-refractivity contribution in [2.75, 3.05) is 11.9 Å². The maximum Gasteiger partial charge on any atom is 0.278 e. The Morgan fingerprint density at radius 2 is 1.71 bits per heavy atom. The summed E-state index contributed by atoms with van der Waals surface area (Å²) in [5.41, 5.74) is 5.58. The van der Waals surface area contributed by atoms with Crippen molar-refractivity contribution in [2.24, 2.45) is 0 Å². The Morgan fingerprint density at radius 1 is 1.04 bits per heavy atom. The van der Waals surface area contributed by atoms with E-state index in [-0.39, 0.29) is 18.4 Å². The molecule has 1 aliphatic rings. The zero-order valence-corrected chi connectivity index (χ0v) is 16.9. The van der Waals surface area contributed by atoms with Gasteiger partial charge in [0.25, 0.3) is 11.8 Å². The van der Waals surface area contributed by atoms with Crippen LogP contribution in [-0.2, 0) is 9.59 Å². The molecular weight excluding hydrogens is 348 g/mol. The molecule has 0 saturated carbocycles. The Hall–Kier alpha value is -3.14. The molecular formula is C24H26N2O2. The summed E-state index contributed by atoms with van der Waals surface area (Å²) in [5.74, 6) is -0.192. The minimum absolute atomic E-state index is 0.184. The van der Waals surface area contributed by atoms with Crippen LogP contribution in [0, 0.1) is 13.8 Å². The average molecular weight is 374 g/mol. The van der Waals surface area contributed by atoms with Gasteiger partial charge < -0.3 is 5.32 Å². The van der Waals surface area contributed by atoms with Crippen molar-refractivity contribution in [3.05, 3.63) is 83.1 Å². The van der Waals surface area contributed by atoms with Gasteiger partial charge in [-0.15, -0.1) is 6.58 Å². The molecule has 2 aromatic rings. The number of benzene rings is 2. The van der Waals surface area contributed by atoms with Gasteiger partial charge >= 0.3 is 0 Å². The highest BCUT2D eigenvalue weighted by molar-refractivity contribution is 6.36. The largest absolute Gasteiger partial charge is 0.350 e. The van der Waals surface area contributed by atoms with Crippen LogP contribution in [0.25, 0.3) is 5.57 Å². The summed E-state index contributed by atoms with van der Waals surface area (Å²) in [5, 5.41) is 3.20. The van der Waals surface area contributed by atoms with Crippen molar-refractivity contribution in [3.8, 4) is 0 Å². The summed E-state index contributed by atoms with van der Waals surface area (Å²) < 4.78 is 0. The van der Waals surface area contributed by atoms with Crippen LogP contribution in [0.15, 0.2) is 60.8 Å². The minimum atomic E-state index is -0.326. The van der Waals surface area contributed by atoms with Gasteiger partial charge in [0.1, 0.15) is 5.70 Å². The van der Waals surface area contributed by atoms with E-state index in [1.54, 1.807) is 6.08 Å². The minimum Gasteiger partial charge on any atom is -0.350 e. The maximum atomic E-state index is 13.0. The van der Waals surface area contributed by atoms with Crippen molar-refractivity contribution >= 4 is 23.1 Å². The summed E-state index contributed by atoms with van der Waals surface area (Å²) in [4.78, 5) is 27.3. The lowest BCUT2D eigenvalue weighted by molar-refractivity contribution is -0.136. The van der Waals surface area contributed by atoms with Crippen LogP contribution in [-0.4, -0.2) is 23.3 Å². The van der Waals surface area contributed by atoms with Crippen LogP contribution in [0.2, 0.25) is 0 Å². The predicted molar refractivity (Wildman–Crippen MR) is 114 cm³/mol. The molecule has 0 saturated heterocycles. The molecule has 0 atom stereocenters. The number of nitrogens with zero attached hydrogens (tertiary/aromatic N) is 1. The average Bonchev–Trinajstić information content (AvgIpc) is 2.87. The molecule has 2 amide bonds. The normalized spacial score (nSPS) is 14.2. The van der Waals surface area contributed by atoms with Crippen molar-refractivity contribution in [1.82, 2.24) is 4.90 Å². The predicted octanol–water partition coefficient (Wildman–Crippen LogP) is 4.80. The van der Waals surface area contributed by atoms with Crippen molar-refractivity contribution in [3.63, 3.8) is 0 Å². The summed E-state index contributed by atoms with van der Waals surface area (Å²) in [6, 6.07) is 13.8. The lowest BCUT2D eigenvalue weighted by Crippen LogP contribution is -2.32. The van der Waals surface area contributed by atoms with Crippen molar-refractivity contribution in [1.29, 1.82) is 0 Å². The second-order valence-electron chi connectivity index (χ2n) is 7.48. The van der Waals surface area contributed by atoms with Gasteiger partial charge in [0.05, 0.1) is 5.57 Å². The monoisotopic (exact) mass is 374 g/mol. The number of nitrogens with one attached hydrogen (secondary N) is 1. The first-order valence-corrected chi connectivity index (χ1v) is 9.49. The van der Waals surface area contributed by atoms with Crippen LogP contribution in [0.4, 0.5) is 5.69 Å². The van der Waals surface area contributed by atoms with Crippen LogP contribution in [0.3, 0.4) is 0 Å². The first-order chi connectivity index (χ1) is 13.3. The summed E-state index contributed by atoms with van der Waals surface area (Å²) in [7, 11) is 0. The van der Waals surface area contributed by atoms with Gasteiger partial charge in [-0.3, -0.25) is 14.5 Å². The number of anilines is 1. The third-order valence-corrected chi connectivity index (χ3v) is 4.98. The molecule has 1 aliphatic heterocycles. The molecule has 1 N–H and O–H groups in total. The van der Waals surface area contributed by atoms with Gasteiger partial charge in [-0.1, -0.05) is 55.8 Å². The zero-order chi connectivity index (χ0) is 20.4. The molecule has 0 unspecified atom stereocenters. The van der Waals surface area contributed by atoms with E-state index in [0.717, 1.165) is 22.4 Å². The fourth-order valence-electron chi connectivity index (χ4n) is 3.43. The standard InChI is InChI=1S/C24H26N2O2/c1-6-13-26-23(27)21(20-12-7-16(4)14-17(20)5)22(24(26)28)25-19-10-8-18(9-11-19)15(2)3/h6-12,14-15,25H,1,13H2,2-5H3. The van der Waals surface area contributed by atoms with E-state index < -0.39 is 0 Å². The quantitative estimate of drug-likeness (QED) is 0.583. The highest BCUT2D eigenvalue weighted by atomic mass is 16.2. The number of carbonyl (C=O) groups excluding carboxylic acids is 2. The molecule has 4 heteroatoms. The molecule has 3 rings (SSSR count). The fraction of sp³-hybridized carbons (Fsp3) is 0.250. The van der Waals surface area contributed by atoms with E-state index in [4.69, 9.17) is 0 Å². The number of carbonyl (C=O) groups is 2. The van der Waals surface area contributed by atoms with Gasteiger partial charge in [-0.05, 0) is 48.6 Å². The van der Waals surface area contributed by atoms with Crippen LogP contribution >= 0.6 is 0 Å². The molecule has 2 aromatic carbocycles. The molecule has 0 bridgehead atoms. The SMILES string of the molecule is C=CCN1C(=O)C(Nc2ccc(C(C)C)cc2)=C(c2ccc(C)cc2C)C1=O. The molecule has 28 heavy (non-hydrogen) atoms. The van der Waals surface area contributed by atoms with Gasteiger partial charge in [0.15, 0.2) is 0 Å². The molecule has 0 spiro atoms. The van der Waals surface area contributed by atoms with Gasteiger partial charge in [-0.2, -0.15) is 0 Å². The van der Waals surface area contributed by atoms with E-state index in [0.29, 0.717) is 17.2 Å². The van der Waals surface area contributed by atoms with Gasteiger partial charge in [0, 0.05) is 12.2 Å². The number of rotatable bonds is 6. The lowest BCUT2D eigenvalue weighted by Gasteiger charge is -2.13. The van der Waals surface area contributed by atoms with E-state index in [9.17, 15) is 9.59 Å². The third kappa shape index (κ3) is 3.63. The highest BCUT2D eigenvalue weighted by Gasteiger charge is 2.39. The Bertz CT molecular complexity index is 969. The molecule has 0 fully saturated rings. The fourth-order valence-corrected chi connectivity index (χ4v) is 3.43. The number of hydrogen-bond donors (Lipinski definition) is 1. The molecule has 144 valence electrons. The molecule has 0 aromatic heterocycles. The first kappa shape index (κ1) is 19.6. The Balaban J connectivity index is 2.07. The van der Waals surface area contributed by atoms with Crippen molar-refractivity contribution < 1.29 is 9.59 Å². The Morgan fingerprint density at radius 3 is 2.29 bits per heavy atom. The van der Waals surface area contributed by atoms with E-state index in [1.165, 1.54) is 10.5 Å². The topological polar surface area (TPSA) is 49.4 Å². The molecule has 4 nitrogen and oxygen atoms in total. The highest BCUT2D eigenvalue weighted by Crippen LogP contribution is 2.32. The number of imide groups is 1. The maximum absolute atomic E-state index is 13.0. The van der Waals surface area contributed by atoms with Crippen LogP contribution in [0.1, 0.15) is 42.0 Å². The van der Waals surface area contributed by atoms with Crippen molar-refractivity contribution in [2.45, 2.75) is 33.6 Å². The second kappa shape index (κ2) is 7.85. The number of amides is 2. The van der Waals surface area contributed by atoms with Gasteiger partial charge in [-0.25, -0.2) is 0 Å². The van der Waals surface area contributed by atoms with Gasteiger partial charge in [0.2, 0.25) is 0 Å². The lowest BCUT2D eigenvalue weighted by atomic mass is 9.97. The smallest absolute Gasteiger partial charge is 0.278 e. The summed E-state index contributed by atoms with van der Waals surface area (Å²) in [6.07, 6.45) is 1.57. The van der Waals surface area contributed by atoms with E-state index >= 15 is 0 Å². The van der Waals surface area contributed by atoms with E-state index in [2.05, 4.69) is 25.7 Å². The summed E-state index contributed by atoms with van der Waals surface area (Å²) in [6.45, 7) is 12.1. The van der Waals surface area contributed by atoms with Crippen LogP contribution in [0.5, 0.6) is 0 Å². The molecule has 1 heterocycles. The Labute approximate surface area is 166 Å². The molecule has 0 aliphatic carbocycles. The van der Waals surface area contributed by atoms with E-state index in [1.807, 2.05) is 56.3 Å². The first-order valence-electron chi connectivity index (χ1n) is 9.49. The Kier molecular flexibility index (Phi) is 5.50. The molecule has 0 radical (unpaired) electrons. The number of aryl methyl sites for hydroxylation is 2. The third-order valence-electron chi connectivity index (χ3n) is 4.98. The number of hydrogen-bond acceptors (Lipinski definition) is 3.